The van der Waals surface area contributed by atoms with E-state index in [1.54, 1.807) is 14.0 Å². The molecule has 0 atom stereocenters. The van der Waals surface area contributed by atoms with Gasteiger partial charge >= 0.3 is 19.5 Å². The summed E-state index contributed by atoms with van der Waals surface area (Å²) >= 11 is 0. The fourth-order valence-electron chi connectivity index (χ4n) is 5.28. The van der Waals surface area contributed by atoms with Crippen molar-refractivity contribution in [2.24, 2.45) is 30.0 Å². The first-order valence-corrected chi connectivity index (χ1v) is 17.1. The zero-order valence-corrected chi connectivity index (χ0v) is 35.2. The number of hydrogen-bond donors (Lipinski definition) is 4. The van der Waals surface area contributed by atoms with Gasteiger partial charge in [0.15, 0.2) is 5.84 Å². The molecule has 4 heterocycles. The second-order valence-electron chi connectivity index (χ2n) is 11.6. The average Bonchev–Trinajstić information content (AvgIpc) is 3.95. The van der Waals surface area contributed by atoms with Gasteiger partial charge in [-0.25, -0.2) is 14.9 Å². The first-order valence-electron chi connectivity index (χ1n) is 17.1. The third kappa shape index (κ3) is 12.1. The third-order valence-corrected chi connectivity index (χ3v) is 7.37. The number of benzene rings is 4. The Morgan fingerprint density at radius 3 is 1.45 bits per heavy atom. The molecule has 292 valence electrons. The third-order valence-electron chi connectivity index (χ3n) is 7.37. The molecule has 4 N–H and O–H groups in total. The Bertz CT molecular complexity index is 2430. The Morgan fingerprint density at radius 2 is 1.00 bits per heavy atom. The standard InChI is InChI=1S/C33H20N8.C2H6O2.3C2H4O2.Zn/c1-34-27-21-12-4-5-13-22(21)29(36-27)38-31-25-16-8-9-17-26(25)33(40-31)41-32-24-15-7-6-14-23(24)30(39-32)37-28-20-11-3-2-10-19(20)18-35-28;1-2-4-3;3*1-2(3)4;/h2-18H,1H3;3H,2H2,1H3;3*1H3,(H,3,4);/q-2;;;;;+2. The van der Waals surface area contributed by atoms with Gasteiger partial charge < -0.3 is 40.6 Å². The maximum atomic E-state index is 9.00. The number of nitrogens with zero attached hydrogens (tertiary/aromatic N) is 8. The predicted octanol–water partition coefficient (Wildman–Crippen LogP) is 6.82. The summed E-state index contributed by atoms with van der Waals surface area (Å²) in [6.45, 7) is 5.33. The van der Waals surface area contributed by atoms with Gasteiger partial charge in [-0.15, -0.1) is 0 Å². The van der Waals surface area contributed by atoms with Gasteiger partial charge in [-0.05, 0) is 34.6 Å². The molecular weight excluding hydrogens is 798 g/mol. The Labute approximate surface area is 345 Å². The number of aliphatic carboxylic acids is 3. The van der Waals surface area contributed by atoms with Crippen LogP contribution in [0.3, 0.4) is 0 Å². The largest absolute Gasteiger partial charge is 2.00 e. The minimum Gasteiger partial charge on any atom is -0.481 e. The van der Waals surface area contributed by atoms with E-state index in [9.17, 15) is 0 Å². The molecule has 8 rings (SSSR count). The van der Waals surface area contributed by atoms with Crippen molar-refractivity contribution in [3.8, 4) is 0 Å². The van der Waals surface area contributed by atoms with E-state index in [4.69, 9.17) is 60.2 Å². The number of aliphatic imine (C=N–C) groups is 6. The summed E-state index contributed by atoms with van der Waals surface area (Å²) in [6.07, 6.45) is 1.83. The molecule has 3 aliphatic heterocycles. The number of hydrogen-bond acceptors (Lipinski definition) is 9. The van der Waals surface area contributed by atoms with Gasteiger partial charge in [-0.2, -0.15) is 0 Å². The molecule has 5 aromatic rings. The number of rotatable bonds is 2. The van der Waals surface area contributed by atoms with Crippen molar-refractivity contribution < 1.29 is 59.3 Å². The van der Waals surface area contributed by atoms with Gasteiger partial charge in [-0.1, -0.05) is 103 Å². The maximum Gasteiger partial charge on any atom is 2.00 e. The summed E-state index contributed by atoms with van der Waals surface area (Å²) in [5, 5.41) is 36.5. The first-order chi connectivity index (χ1) is 27.4. The van der Waals surface area contributed by atoms with E-state index in [0.717, 1.165) is 64.9 Å². The molecule has 0 spiro atoms. The van der Waals surface area contributed by atoms with Crippen LogP contribution < -0.4 is 4.98 Å². The van der Waals surface area contributed by atoms with Crippen molar-refractivity contribution in [3.05, 3.63) is 142 Å². The second kappa shape index (κ2) is 22.1. The molecule has 0 saturated carbocycles. The van der Waals surface area contributed by atoms with Crippen LogP contribution in [0, 0.1) is 0 Å². The topological polar surface area (TPSA) is 244 Å². The van der Waals surface area contributed by atoms with E-state index in [0.29, 0.717) is 47.4 Å². The van der Waals surface area contributed by atoms with Crippen molar-refractivity contribution in [2.75, 3.05) is 13.7 Å². The zero-order chi connectivity index (χ0) is 41.5. The molecule has 0 unspecified atom stereocenters. The van der Waals surface area contributed by atoms with Crippen molar-refractivity contribution in [1.29, 1.82) is 0 Å². The number of carbonyl (C=O) groups is 3. The second-order valence-corrected chi connectivity index (χ2v) is 11.6. The van der Waals surface area contributed by atoms with Gasteiger partial charge in [0.05, 0.1) is 24.1 Å². The molecule has 3 aliphatic rings. The van der Waals surface area contributed by atoms with Crippen LogP contribution in [0.5, 0.6) is 0 Å². The van der Waals surface area contributed by atoms with Crippen LogP contribution in [-0.2, 0) is 38.7 Å². The minimum atomic E-state index is -0.833. The number of fused-ring (bicyclic) bond motifs is 4. The zero-order valence-electron chi connectivity index (χ0n) is 32.2. The first kappa shape index (κ1) is 45.6. The van der Waals surface area contributed by atoms with E-state index >= 15 is 0 Å². The Kier molecular flexibility index (Phi) is 17.3. The van der Waals surface area contributed by atoms with E-state index in [1.807, 2.05) is 103 Å². The number of amidine groups is 6. The molecule has 58 heavy (non-hydrogen) atoms. The van der Waals surface area contributed by atoms with Crippen molar-refractivity contribution in [2.45, 2.75) is 27.7 Å². The van der Waals surface area contributed by atoms with Gasteiger partial charge in [0.1, 0.15) is 0 Å². The van der Waals surface area contributed by atoms with Crippen molar-refractivity contribution in [1.82, 2.24) is 4.98 Å². The van der Waals surface area contributed by atoms with Crippen LogP contribution >= 0.6 is 0 Å². The molecule has 17 heteroatoms. The molecule has 4 aromatic carbocycles. The summed E-state index contributed by atoms with van der Waals surface area (Å²) in [7, 11) is 1.74. The maximum absolute atomic E-state index is 9.00. The SMILES string of the molecule is CC(=O)O.CC(=O)O.CC(=O)O.CCOO.CN=C1N=C(N=C2[N-]C(=NC3=NC(=Nc4[n-]cc5ccccc45)c4ccccc43)c3ccccc32)c2ccccc21.[Zn+2]. The van der Waals surface area contributed by atoms with Crippen LogP contribution in [0.15, 0.2) is 133 Å². The Balaban J connectivity index is 0.000000457. The Morgan fingerprint density at radius 1 is 0.621 bits per heavy atom. The molecule has 0 aliphatic carbocycles. The molecule has 0 saturated heterocycles. The van der Waals surface area contributed by atoms with E-state index in [2.05, 4.69) is 19.9 Å². The van der Waals surface area contributed by atoms with Crippen molar-refractivity contribution in [3.63, 3.8) is 0 Å². The van der Waals surface area contributed by atoms with Gasteiger partial charge in [0.2, 0.25) is 0 Å². The van der Waals surface area contributed by atoms with E-state index in [1.165, 1.54) is 0 Å². The van der Waals surface area contributed by atoms with Crippen LogP contribution in [-0.4, -0.2) is 87.2 Å². The molecular formula is C41H38N8O8Zn. The quantitative estimate of drug-likeness (QED) is 0.0827. The van der Waals surface area contributed by atoms with Crippen LogP contribution in [0.2, 0.25) is 0 Å². The molecule has 16 nitrogen and oxygen atoms in total. The number of carboxylic acid groups (broad SMARTS) is 3. The molecule has 0 bridgehead atoms. The fraction of sp³-hybridized carbons (Fsp3) is 0.146. The summed E-state index contributed by atoms with van der Waals surface area (Å²) in [4.78, 5) is 63.6. The fourth-order valence-corrected chi connectivity index (χ4v) is 5.28. The normalized spacial score (nSPS) is 15.3. The molecule has 0 radical (unpaired) electrons. The van der Waals surface area contributed by atoms with Gasteiger partial charge in [0.25, 0.3) is 17.9 Å². The number of aromatic nitrogens is 1. The summed E-state index contributed by atoms with van der Waals surface area (Å²) in [6, 6.07) is 31.9. The summed E-state index contributed by atoms with van der Waals surface area (Å²) < 4.78 is 0. The number of carboxylic acids is 3. The van der Waals surface area contributed by atoms with Gasteiger partial charge in [0, 0.05) is 61.7 Å². The predicted molar refractivity (Wildman–Crippen MR) is 219 cm³/mol. The summed E-state index contributed by atoms with van der Waals surface area (Å²) in [5.41, 5.74) is 5.47. The van der Waals surface area contributed by atoms with Crippen LogP contribution in [0.4, 0.5) is 5.82 Å². The molecule has 0 amide bonds. The van der Waals surface area contributed by atoms with Crippen LogP contribution in [0.1, 0.15) is 61.1 Å². The Hall–Kier alpha value is -6.81. The average molecular weight is 836 g/mol. The monoisotopic (exact) mass is 834 g/mol. The van der Waals surface area contributed by atoms with E-state index in [-0.39, 0.29) is 19.5 Å². The molecule has 1 aromatic heterocycles. The van der Waals surface area contributed by atoms with Crippen LogP contribution in [0.25, 0.3) is 16.1 Å². The summed E-state index contributed by atoms with van der Waals surface area (Å²) in [5.74, 6) is 1.61. The smallest absolute Gasteiger partial charge is 0.481 e. The van der Waals surface area contributed by atoms with Crippen molar-refractivity contribution >= 4 is 69.5 Å². The molecule has 0 fully saturated rings. The van der Waals surface area contributed by atoms with E-state index < -0.39 is 17.9 Å². The van der Waals surface area contributed by atoms with Gasteiger partial charge in [-0.3, -0.25) is 24.6 Å². The minimum absolute atomic E-state index is 0.